The van der Waals surface area contributed by atoms with Crippen molar-refractivity contribution in [2.24, 2.45) is 0 Å². The summed E-state index contributed by atoms with van der Waals surface area (Å²) in [6, 6.07) is 1.10. The quantitative estimate of drug-likeness (QED) is 0.222. The number of hydrogen-bond donors (Lipinski definition) is 3. The standard InChI is InChI=1S/C27H45F2N3O5/c1-2-3-4-5-6-7-8-9-10-11-12-13-14-15-16-17-22(34)27(32-19-18-23(30)31-25(32)36)26(28,29)24(35)21(20-33)37-27/h18-19,21,24,33,35H,2-17,20H2,1H3,(H2,30,31,36)/t21-,24-,27-/m1/s1. The molecule has 8 nitrogen and oxygen atoms in total. The van der Waals surface area contributed by atoms with Crippen molar-refractivity contribution in [3.05, 3.63) is 22.7 Å². The number of alkyl halides is 2. The van der Waals surface area contributed by atoms with Gasteiger partial charge in [0.05, 0.1) is 6.61 Å². The first-order valence-corrected chi connectivity index (χ1v) is 14.0. The molecule has 0 bridgehead atoms. The van der Waals surface area contributed by atoms with E-state index in [1.165, 1.54) is 64.2 Å². The number of nitrogen functional groups attached to an aromatic ring is 1. The fourth-order valence-electron chi connectivity index (χ4n) is 5.02. The summed E-state index contributed by atoms with van der Waals surface area (Å²) in [5.74, 6) is -5.41. The van der Waals surface area contributed by atoms with Crippen LogP contribution in [-0.4, -0.2) is 50.3 Å². The molecule has 1 aliphatic heterocycles. The number of hydrogen-bond acceptors (Lipinski definition) is 7. The molecule has 212 valence electrons. The number of nitrogens with two attached hydrogens (primary N) is 1. The minimum atomic E-state index is -4.16. The summed E-state index contributed by atoms with van der Waals surface area (Å²) in [6.45, 7) is 1.29. The van der Waals surface area contributed by atoms with Gasteiger partial charge < -0.3 is 20.7 Å². The number of ether oxygens (including phenoxy) is 1. The number of halogens is 2. The lowest BCUT2D eigenvalue weighted by Gasteiger charge is -2.34. The summed E-state index contributed by atoms with van der Waals surface area (Å²) in [5.41, 5.74) is 1.18. The molecule has 0 aromatic carbocycles. The Bertz CT molecular complexity index is 882. The van der Waals surface area contributed by atoms with Crippen molar-refractivity contribution < 1.29 is 28.5 Å². The number of aliphatic hydroxyl groups is 2. The number of unbranched alkanes of at least 4 members (excludes halogenated alkanes) is 14. The second-order valence-electron chi connectivity index (χ2n) is 10.2. The second kappa shape index (κ2) is 15.5. The lowest BCUT2D eigenvalue weighted by molar-refractivity contribution is -0.217. The van der Waals surface area contributed by atoms with E-state index in [9.17, 15) is 19.8 Å². The van der Waals surface area contributed by atoms with E-state index in [0.717, 1.165) is 31.5 Å². The minimum Gasteiger partial charge on any atom is -0.394 e. The molecule has 0 unspecified atom stereocenters. The maximum Gasteiger partial charge on any atom is 0.352 e. The van der Waals surface area contributed by atoms with Crippen LogP contribution in [0.1, 0.15) is 110 Å². The van der Waals surface area contributed by atoms with Gasteiger partial charge in [-0.2, -0.15) is 13.8 Å². The number of carbonyl (C=O) groups is 1. The Morgan fingerprint density at radius 2 is 1.49 bits per heavy atom. The molecule has 4 N–H and O–H groups in total. The maximum absolute atomic E-state index is 15.3. The number of aromatic nitrogens is 2. The highest BCUT2D eigenvalue weighted by molar-refractivity contribution is 5.87. The van der Waals surface area contributed by atoms with E-state index >= 15 is 8.78 Å². The van der Waals surface area contributed by atoms with Crippen LogP contribution in [0.5, 0.6) is 0 Å². The Morgan fingerprint density at radius 1 is 1.00 bits per heavy atom. The van der Waals surface area contributed by atoms with E-state index in [0.29, 0.717) is 17.4 Å². The fraction of sp³-hybridized carbons (Fsp3) is 0.815. The van der Waals surface area contributed by atoms with Crippen molar-refractivity contribution in [3.63, 3.8) is 0 Å². The summed E-state index contributed by atoms with van der Waals surface area (Å²) in [5, 5.41) is 19.5. The highest BCUT2D eigenvalue weighted by Gasteiger charge is 2.73. The van der Waals surface area contributed by atoms with Gasteiger partial charge in [-0.3, -0.25) is 9.36 Å². The zero-order chi connectivity index (χ0) is 27.3. The number of anilines is 1. The van der Waals surface area contributed by atoms with Gasteiger partial charge in [0.1, 0.15) is 11.9 Å². The van der Waals surface area contributed by atoms with Gasteiger partial charge >= 0.3 is 11.6 Å². The highest BCUT2D eigenvalue weighted by atomic mass is 19.3. The van der Waals surface area contributed by atoms with Crippen LogP contribution in [0.3, 0.4) is 0 Å². The Hall–Kier alpha value is -1.91. The van der Waals surface area contributed by atoms with Crippen molar-refractivity contribution in [2.45, 2.75) is 134 Å². The summed E-state index contributed by atoms with van der Waals surface area (Å²) in [6.07, 6.45) is 13.4. The zero-order valence-electron chi connectivity index (χ0n) is 22.2. The van der Waals surface area contributed by atoms with Crippen LogP contribution in [0.2, 0.25) is 0 Å². The Labute approximate surface area is 218 Å². The molecular formula is C27H45F2N3O5. The molecule has 1 saturated heterocycles. The lowest BCUT2D eigenvalue weighted by Crippen LogP contribution is -2.59. The molecule has 10 heteroatoms. The topological polar surface area (TPSA) is 128 Å². The van der Waals surface area contributed by atoms with Gasteiger partial charge in [-0.1, -0.05) is 96.8 Å². The average molecular weight is 530 g/mol. The smallest absolute Gasteiger partial charge is 0.352 e. The molecule has 1 aromatic heterocycles. The molecule has 3 atom stereocenters. The monoisotopic (exact) mass is 529 g/mol. The van der Waals surface area contributed by atoms with Gasteiger partial charge in [-0.15, -0.1) is 0 Å². The molecular weight excluding hydrogens is 484 g/mol. The van der Waals surface area contributed by atoms with Crippen molar-refractivity contribution in [1.82, 2.24) is 9.55 Å². The summed E-state index contributed by atoms with van der Waals surface area (Å²) in [7, 11) is 0. The summed E-state index contributed by atoms with van der Waals surface area (Å²) >= 11 is 0. The van der Waals surface area contributed by atoms with Crippen LogP contribution in [-0.2, 0) is 15.3 Å². The fourth-order valence-corrected chi connectivity index (χ4v) is 5.02. The predicted octanol–water partition coefficient (Wildman–Crippen LogP) is 4.70. The second-order valence-corrected chi connectivity index (χ2v) is 10.2. The molecule has 0 saturated carbocycles. The lowest BCUT2D eigenvalue weighted by atomic mass is 9.93. The third-order valence-corrected chi connectivity index (χ3v) is 7.23. The molecule has 1 aromatic rings. The van der Waals surface area contributed by atoms with E-state index < -0.39 is 41.9 Å². The van der Waals surface area contributed by atoms with Gasteiger partial charge in [0.25, 0.3) is 5.72 Å². The number of Topliss-reactive ketones (excluding diaryl/α,β-unsaturated/α-hetero) is 1. The molecule has 2 rings (SSSR count). The van der Waals surface area contributed by atoms with Gasteiger partial charge in [0.15, 0.2) is 11.9 Å². The first kappa shape index (κ1) is 31.3. The van der Waals surface area contributed by atoms with Crippen molar-refractivity contribution in [1.29, 1.82) is 0 Å². The molecule has 0 amide bonds. The van der Waals surface area contributed by atoms with Crippen LogP contribution in [0.15, 0.2) is 17.1 Å². The SMILES string of the molecule is CCCCCCCCCCCCCCCCCC(=O)[C@@]1(n2ccc(N)nc2=O)O[C@H](CO)[C@@H](O)C1(F)F. The molecule has 1 fully saturated rings. The number of rotatable bonds is 19. The molecule has 0 spiro atoms. The van der Waals surface area contributed by atoms with Gasteiger partial charge in [0, 0.05) is 12.6 Å². The predicted molar refractivity (Wildman–Crippen MR) is 138 cm³/mol. The normalized spacial score (nSPS) is 22.9. The summed E-state index contributed by atoms with van der Waals surface area (Å²) < 4.78 is 36.2. The Kier molecular flexibility index (Phi) is 13.1. The number of ketones is 1. The zero-order valence-corrected chi connectivity index (χ0v) is 22.2. The Balaban J connectivity index is 1.78. The van der Waals surface area contributed by atoms with Gasteiger partial charge in [0.2, 0.25) is 0 Å². The van der Waals surface area contributed by atoms with E-state index in [1.807, 2.05) is 0 Å². The average Bonchev–Trinajstić information content (AvgIpc) is 3.07. The minimum absolute atomic E-state index is 0.202. The number of nitrogens with zero attached hydrogens (tertiary/aromatic N) is 2. The van der Waals surface area contributed by atoms with E-state index in [2.05, 4.69) is 11.9 Å². The van der Waals surface area contributed by atoms with Crippen molar-refractivity contribution in [3.8, 4) is 0 Å². The first-order valence-electron chi connectivity index (χ1n) is 14.0. The van der Waals surface area contributed by atoms with E-state index in [4.69, 9.17) is 10.5 Å². The van der Waals surface area contributed by atoms with Crippen LogP contribution < -0.4 is 11.4 Å². The maximum atomic E-state index is 15.3. The molecule has 2 heterocycles. The van der Waals surface area contributed by atoms with Crippen LogP contribution in [0.4, 0.5) is 14.6 Å². The number of carbonyl (C=O) groups excluding carboxylic acids is 1. The van der Waals surface area contributed by atoms with Crippen molar-refractivity contribution >= 4 is 11.6 Å². The molecule has 0 radical (unpaired) electrons. The summed E-state index contributed by atoms with van der Waals surface area (Å²) in [4.78, 5) is 29.0. The first-order chi connectivity index (χ1) is 17.7. The van der Waals surface area contributed by atoms with E-state index in [1.54, 1.807) is 0 Å². The largest absolute Gasteiger partial charge is 0.394 e. The third kappa shape index (κ3) is 8.04. The van der Waals surface area contributed by atoms with Gasteiger partial charge in [-0.05, 0) is 12.5 Å². The van der Waals surface area contributed by atoms with Gasteiger partial charge in [-0.25, -0.2) is 4.79 Å². The molecule has 0 aliphatic carbocycles. The molecule has 1 aliphatic rings. The van der Waals surface area contributed by atoms with Crippen LogP contribution in [0.25, 0.3) is 0 Å². The Morgan fingerprint density at radius 3 is 1.92 bits per heavy atom. The van der Waals surface area contributed by atoms with Crippen LogP contribution in [0, 0.1) is 0 Å². The molecule has 37 heavy (non-hydrogen) atoms. The van der Waals surface area contributed by atoms with Crippen LogP contribution >= 0.6 is 0 Å². The van der Waals surface area contributed by atoms with Crippen molar-refractivity contribution in [2.75, 3.05) is 12.3 Å². The highest BCUT2D eigenvalue weighted by Crippen LogP contribution is 2.48. The third-order valence-electron chi connectivity index (χ3n) is 7.23. The van der Waals surface area contributed by atoms with E-state index in [-0.39, 0.29) is 12.2 Å². The number of aliphatic hydroxyl groups excluding tert-OH is 2.